The average Bonchev–Trinajstić information content (AvgIpc) is 2.48. The Balaban J connectivity index is 1.99. The first kappa shape index (κ1) is 10.5. The molecule has 3 atom stereocenters. The van der Waals surface area contributed by atoms with E-state index in [9.17, 15) is 0 Å². The van der Waals surface area contributed by atoms with Crippen LogP contribution in [0.5, 0.6) is 0 Å². The van der Waals surface area contributed by atoms with E-state index in [0.29, 0.717) is 12.1 Å². The summed E-state index contributed by atoms with van der Waals surface area (Å²) in [5, 5.41) is 0. The molecule has 1 saturated heterocycles. The quantitative estimate of drug-likeness (QED) is 0.625. The minimum Gasteiger partial charge on any atom is -0.345 e. The van der Waals surface area contributed by atoms with Crippen LogP contribution in [-0.4, -0.2) is 24.0 Å². The van der Waals surface area contributed by atoms with Gasteiger partial charge in [0.15, 0.2) is 5.79 Å². The predicted molar refractivity (Wildman–Crippen MR) is 61.6 cm³/mol. The monoisotopic (exact) mass is 315 g/mol. The zero-order valence-electron chi connectivity index (χ0n) is 7.75. The van der Waals surface area contributed by atoms with Crippen LogP contribution in [-0.2, 0) is 9.47 Å². The van der Waals surface area contributed by atoms with Crippen molar-refractivity contribution in [1.82, 2.24) is 4.72 Å². The molecule has 1 heterocycles. The molecule has 1 aliphatic carbocycles. The Hall–Kier alpha value is 0.960. The summed E-state index contributed by atoms with van der Waals surface area (Å²) in [6, 6.07) is 0.452. The second kappa shape index (κ2) is 3.84. The van der Waals surface area contributed by atoms with Gasteiger partial charge < -0.3 is 9.47 Å². The first-order chi connectivity index (χ1) is 6.12. The van der Waals surface area contributed by atoms with Crippen LogP contribution < -0.4 is 4.72 Å². The standard InChI is InChI=1S/C8H14INO2S/c1-8(2)11-6-4-3-5(10-13-9)7(6)12-8/h5-7,10H,3-4H2,1-2H3. The third kappa shape index (κ3) is 2.14. The molecule has 1 N–H and O–H groups in total. The van der Waals surface area contributed by atoms with Gasteiger partial charge in [-0.15, -0.1) is 0 Å². The lowest BCUT2D eigenvalue weighted by Crippen LogP contribution is -2.35. The topological polar surface area (TPSA) is 30.5 Å². The van der Waals surface area contributed by atoms with Crippen molar-refractivity contribution in [1.29, 1.82) is 0 Å². The van der Waals surface area contributed by atoms with Gasteiger partial charge in [-0.2, -0.15) is 0 Å². The first-order valence-corrected chi connectivity index (χ1v) is 7.87. The van der Waals surface area contributed by atoms with Gasteiger partial charge >= 0.3 is 0 Å². The molecule has 76 valence electrons. The fraction of sp³-hybridized carbons (Fsp3) is 1.00. The van der Waals surface area contributed by atoms with Crippen molar-refractivity contribution >= 4 is 30.3 Å². The molecule has 0 amide bonds. The maximum Gasteiger partial charge on any atom is 0.163 e. The fourth-order valence-corrected chi connectivity index (χ4v) is 3.46. The molecule has 2 fully saturated rings. The van der Waals surface area contributed by atoms with E-state index >= 15 is 0 Å². The second-order valence-corrected chi connectivity index (χ2v) is 5.73. The summed E-state index contributed by atoms with van der Waals surface area (Å²) in [7, 11) is 1.63. The Morgan fingerprint density at radius 2 is 2.15 bits per heavy atom. The maximum atomic E-state index is 5.84. The third-order valence-corrected chi connectivity index (χ3v) is 3.73. The molecule has 2 aliphatic rings. The van der Waals surface area contributed by atoms with Gasteiger partial charge in [0.2, 0.25) is 0 Å². The van der Waals surface area contributed by atoms with E-state index in [-0.39, 0.29) is 11.9 Å². The SMILES string of the molecule is CC1(C)OC2CCC(NSI)C2O1. The molecular weight excluding hydrogens is 301 g/mol. The van der Waals surface area contributed by atoms with Crippen molar-refractivity contribution < 1.29 is 9.47 Å². The number of hydrogen-bond acceptors (Lipinski definition) is 4. The molecule has 0 bridgehead atoms. The molecular formula is C8H14INO2S. The molecule has 0 radical (unpaired) electrons. The number of rotatable bonds is 2. The van der Waals surface area contributed by atoms with Crippen molar-refractivity contribution in [3.8, 4) is 0 Å². The van der Waals surface area contributed by atoms with Gasteiger partial charge in [0.05, 0.1) is 6.10 Å². The Labute approximate surface area is 95.0 Å². The Bertz CT molecular complexity index is 201. The van der Waals surface area contributed by atoms with Crippen LogP contribution in [0.1, 0.15) is 26.7 Å². The number of nitrogens with one attached hydrogen (secondary N) is 1. The lowest BCUT2D eigenvalue weighted by Gasteiger charge is -2.21. The molecule has 0 spiro atoms. The van der Waals surface area contributed by atoms with Crippen molar-refractivity contribution in [3.05, 3.63) is 0 Å². The smallest absolute Gasteiger partial charge is 0.163 e. The lowest BCUT2D eigenvalue weighted by atomic mass is 10.2. The van der Waals surface area contributed by atoms with Crippen LogP contribution in [0.25, 0.3) is 0 Å². The van der Waals surface area contributed by atoms with Crippen molar-refractivity contribution in [2.24, 2.45) is 0 Å². The van der Waals surface area contributed by atoms with Crippen LogP contribution >= 0.6 is 30.3 Å². The fourth-order valence-electron chi connectivity index (χ4n) is 2.12. The highest BCUT2D eigenvalue weighted by molar-refractivity contribution is 14.2. The minimum absolute atomic E-state index is 0.247. The lowest BCUT2D eigenvalue weighted by molar-refractivity contribution is -0.152. The van der Waals surface area contributed by atoms with E-state index in [2.05, 4.69) is 25.9 Å². The van der Waals surface area contributed by atoms with Crippen LogP contribution in [0.4, 0.5) is 0 Å². The molecule has 1 saturated carbocycles. The molecule has 5 heteroatoms. The average molecular weight is 315 g/mol. The summed E-state index contributed by atoms with van der Waals surface area (Å²) in [4.78, 5) is 0. The number of hydrogen-bond donors (Lipinski definition) is 1. The van der Waals surface area contributed by atoms with Gasteiger partial charge in [-0.3, -0.25) is 0 Å². The Kier molecular flexibility index (Phi) is 3.10. The van der Waals surface area contributed by atoms with Gasteiger partial charge in [-0.25, -0.2) is 4.72 Å². The highest BCUT2D eigenvalue weighted by Crippen LogP contribution is 2.38. The first-order valence-electron chi connectivity index (χ1n) is 4.51. The summed E-state index contributed by atoms with van der Waals surface area (Å²) in [5.74, 6) is -0.383. The summed E-state index contributed by atoms with van der Waals surface area (Å²) >= 11 is 2.25. The summed E-state index contributed by atoms with van der Waals surface area (Å²) in [6.07, 6.45) is 2.82. The van der Waals surface area contributed by atoms with Gasteiger partial charge in [0.25, 0.3) is 0 Å². The van der Waals surface area contributed by atoms with Crippen molar-refractivity contribution in [2.75, 3.05) is 0 Å². The largest absolute Gasteiger partial charge is 0.345 e. The van der Waals surface area contributed by atoms with E-state index in [1.54, 1.807) is 9.12 Å². The summed E-state index contributed by atoms with van der Waals surface area (Å²) in [6.45, 7) is 3.97. The second-order valence-electron chi connectivity index (χ2n) is 4.02. The minimum atomic E-state index is -0.383. The summed E-state index contributed by atoms with van der Waals surface area (Å²) in [5.41, 5.74) is 0. The van der Waals surface area contributed by atoms with Gasteiger partial charge in [0, 0.05) is 27.2 Å². The van der Waals surface area contributed by atoms with Crippen LogP contribution in [0.2, 0.25) is 0 Å². The zero-order chi connectivity index (χ0) is 9.47. The van der Waals surface area contributed by atoms with Crippen LogP contribution in [0, 0.1) is 0 Å². The van der Waals surface area contributed by atoms with Gasteiger partial charge in [-0.1, -0.05) is 0 Å². The number of ether oxygens (including phenoxy) is 2. The molecule has 13 heavy (non-hydrogen) atoms. The predicted octanol–water partition coefficient (Wildman–Crippen LogP) is 2.26. The van der Waals surface area contributed by atoms with E-state index in [0.717, 1.165) is 12.8 Å². The highest BCUT2D eigenvalue weighted by Gasteiger charge is 2.48. The van der Waals surface area contributed by atoms with Gasteiger partial charge in [-0.05, 0) is 35.8 Å². The molecule has 0 aromatic heterocycles. The van der Waals surface area contributed by atoms with E-state index < -0.39 is 0 Å². The maximum absolute atomic E-state index is 5.84. The van der Waals surface area contributed by atoms with Crippen molar-refractivity contribution in [2.45, 2.75) is 50.7 Å². The van der Waals surface area contributed by atoms with Crippen molar-refractivity contribution in [3.63, 3.8) is 0 Å². The third-order valence-electron chi connectivity index (χ3n) is 2.58. The molecule has 3 nitrogen and oxygen atoms in total. The highest BCUT2D eigenvalue weighted by atomic mass is 127. The molecule has 0 aromatic carbocycles. The Morgan fingerprint density at radius 1 is 1.38 bits per heavy atom. The molecule has 0 aromatic rings. The van der Waals surface area contributed by atoms with E-state index in [1.807, 2.05) is 13.8 Å². The zero-order valence-corrected chi connectivity index (χ0v) is 10.7. The van der Waals surface area contributed by atoms with Crippen LogP contribution in [0.3, 0.4) is 0 Å². The number of fused-ring (bicyclic) bond motifs is 1. The van der Waals surface area contributed by atoms with Gasteiger partial charge in [0.1, 0.15) is 6.10 Å². The Morgan fingerprint density at radius 3 is 2.85 bits per heavy atom. The van der Waals surface area contributed by atoms with E-state index in [4.69, 9.17) is 9.47 Å². The van der Waals surface area contributed by atoms with E-state index in [1.165, 1.54) is 0 Å². The molecule has 1 aliphatic heterocycles. The molecule has 3 unspecified atom stereocenters. The summed E-state index contributed by atoms with van der Waals surface area (Å²) < 4.78 is 15.0. The van der Waals surface area contributed by atoms with Crippen LogP contribution in [0.15, 0.2) is 0 Å². The number of halogens is 1. The molecule has 2 rings (SSSR count). The normalized spacial score (nSPS) is 42.2.